The van der Waals surface area contributed by atoms with Gasteiger partial charge in [-0.25, -0.2) is 0 Å². The number of benzene rings is 1. The van der Waals surface area contributed by atoms with Gasteiger partial charge in [-0.2, -0.15) is 4.68 Å². The smallest absolute Gasteiger partial charge is 0.170 e. The van der Waals surface area contributed by atoms with Crippen molar-refractivity contribution < 1.29 is 4.74 Å². The molecular formula is C13H18BrN5O. The minimum atomic E-state index is -0.00185. The van der Waals surface area contributed by atoms with Gasteiger partial charge in [0.2, 0.25) is 0 Å². The fraction of sp³-hybridized carbons (Fsp3) is 0.462. The highest BCUT2D eigenvalue weighted by molar-refractivity contribution is 9.10. The first kappa shape index (κ1) is 14.9. The van der Waals surface area contributed by atoms with E-state index in [2.05, 4.69) is 57.5 Å². The zero-order valence-electron chi connectivity index (χ0n) is 12.0. The molecular weight excluding hydrogens is 322 g/mol. The molecule has 0 bridgehead atoms. The molecule has 1 N–H and O–H groups in total. The van der Waals surface area contributed by atoms with Gasteiger partial charge >= 0.3 is 0 Å². The highest BCUT2D eigenvalue weighted by atomic mass is 79.9. The number of methoxy groups -OCH3 is 1. The van der Waals surface area contributed by atoms with Gasteiger partial charge in [0.25, 0.3) is 0 Å². The third kappa shape index (κ3) is 3.55. The van der Waals surface area contributed by atoms with Crippen molar-refractivity contribution in [1.82, 2.24) is 25.5 Å². The molecule has 0 saturated heterocycles. The van der Waals surface area contributed by atoms with Crippen LogP contribution in [0, 0.1) is 0 Å². The second-order valence-electron chi connectivity index (χ2n) is 5.43. The summed E-state index contributed by atoms with van der Waals surface area (Å²) in [5.41, 5.74) is 0.801. The first-order valence-corrected chi connectivity index (χ1v) is 7.06. The number of ether oxygens (including phenoxy) is 1. The highest BCUT2D eigenvalue weighted by Gasteiger charge is 2.16. The van der Waals surface area contributed by atoms with E-state index in [0.717, 1.165) is 21.7 Å². The van der Waals surface area contributed by atoms with Gasteiger partial charge in [-0.1, -0.05) is 15.9 Å². The number of aromatic nitrogens is 4. The average Bonchev–Trinajstić information content (AvgIpc) is 2.83. The highest BCUT2D eigenvalue weighted by Crippen LogP contribution is 2.26. The summed E-state index contributed by atoms with van der Waals surface area (Å²) < 4.78 is 7.99. The van der Waals surface area contributed by atoms with Crippen molar-refractivity contribution in [2.45, 2.75) is 32.9 Å². The largest absolute Gasteiger partial charge is 0.494 e. The second-order valence-corrected chi connectivity index (χ2v) is 6.34. The SMILES string of the molecule is COc1ccc(Br)cc1-n1nnnc1CNC(C)(C)C. The van der Waals surface area contributed by atoms with E-state index in [-0.39, 0.29) is 5.54 Å². The van der Waals surface area contributed by atoms with Crippen LogP contribution in [0.3, 0.4) is 0 Å². The van der Waals surface area contributed by atoms with Gasteiger partial charge in [-0.3, -0.25) is 0 Å². The Morgan fingerprint density at radius 2 is 2.10 bits per heavy atom. The summed E-state index contributed by atoms with van der Waals surface area (Å²) >= 11 is 3.45. The molecule has 0 aliphatic carbocycles. The predicted octanol–water partition coefficient (Wildman–Crippen LogP) is 2.32. The Labute approximate surface area is 126 Å². The van der Waals surface area contributed by atoms with Crippen LogP contribution in [0.5, 0.6) is 5.75 Å². The molecule has 1 heterocycles. The van der Waals surface area contributed by atoms with Crippen LogP contribution in [-0.4, -0.2) is 32.9 Å². The van der Waals surface area contributed by atoms with Gasteiger partial charge in [0.05, 0.1) is 13.7 Å². The van der Waals surface area contributed by atoms with Gasteiger partial charge in [0.1, 0.15) is 11.4 Å². The Hall–Kier alpha value is -1.47. The third-order valence-electron chi connectivity index (χ3n) is 2.68. The minimum Gasteiger partial charge on any atom is -0.494 e. The van der Waals surface area contributed by atoms with Crippen molar-refractivity contribution in [3.8, 4) is 11.4 Å². The summed E-state index contributed by atoms with van der Waals surface area (Å²) in [7, 11) is 1.63. The van der Waals surface area contributed by atoms with Crippen LogP contribution in [0.1, 0.15) is 26.6 Å². The lowest BCUT2D eigenvalue weighted by Gasteiger charge is -2.20. The van der Waals surface area contributed by atoms with Crippen molar-refractivity contribution in [1.29, 1.82) is 0 Å². The van der Waals surface area contributed by atoms with Crippen molar-refractivity contribution in [3.63, 3.8) is 0 Å². The Morgan fingerprint density at radius 3 is 2.75 bits per heavy atom. The van der Waals surface area contributed by atoms with Crippen LogP contribution >= 0.6 is 15.9 Å². The van der Waals surface area contributed by atoms with E-state index >= 15 is 0 Å². The number of hydrogen-bond acceptors (Lipinski definition) is 5. The molecule has 1 aromatic heterocycles. The molecule has 0 atom stereocenters. The Kier molecular flexibility index (Phi) is 4.39. The maximum Gasteiger partial charge on any atom is 0.170 e. The van der Waals surface area contributed by atoms with Gasteiger partial charge in [-0.05, 0) is 49.4 Å². The first-order valence-electron chi connectivity index (χ1n) is 6.27. The molecule has 1 aromatic carbocycles. The number of nitrogens with one attached hydrogen (secondary N) is 1. The standard InChI is InChI=1S/C13H18BrN5O/c1-13(2,3)15-8-12-16-17-18-19(12)10-7-9(14)5-6-11(10)20-4/h5-7,15H,8H2,1-4H3. The summed E-state index contributed by atoms with van der Waals surface area (Å²) in [6, 6.07) is 5.72. The second kappa shape index (κ2) is 5.88. The lowest BCUT2D eigenvalue weighted by molar-refractivity contribution is 0.405. The minimum absolute atomic E-state index is 0.00185. The zero-order chi connectivity index (χ0) is 14.8. The molecule has 0 amide bonds. The fourth-order valence-electron chi connectivity index (χ4n) is 1.68. The third-order valence-corrected chi connectivity index (χ3v) is 3.17. The Bertz CT molecular complexity index is 591. The lowest BCUT2D eigenvalue weighted by atomic mass is 10.1. The van der Waals surface area contributed by atoms with E-state index < -0.39 is 0 Å². The summed E-state index contributed by atoms with van der Waals surface area (Å²) in [6.07, 6.45) is 0. The van der Waals surface area contributed by atoms with E-state index in [4.69, 9.17) is 4.74 Å². The number of halogens is 1. The predicted molar refractivity (Wildman–Crippen MR) is 80.0 cm³/mol. The Morgan fingerprint density at radius 1 is 1.35 bits per heavy atom. The molecule has 0 radical (unpaired) electrons. The monoisotopic (exact) mass is 339 g/mol. The zero-order valence-corrected chi connectivity index (χ0v) is 13.6. The van der Waals surface area contributed by atoms with E-state index in [0.29, 0.717) is 6.54 Å². The average molecular weight is 340 g/mol. The molecule has 0 aliphatic heterocycles. The van der Waals surface area contributed by atoms with Crippen LogP contribution in [0.2, 0.25) is 0 Å². The van der Waals surface area contributed by atoms with Crippen LogP contribution in [-0.2, 0) is 6.54 Å². The molecule has 2 rings (SSSR count). The topological polar surface area (TPSA) is 64.9 Å². The number of nitrogens with zero attached hydrogens (tertiary/aromatic N) is 4. The normalized spacial score (nSPS) is 11.7. The number of hydrogen-bond donors (Lipinski definition) is 1. The van der Waals surface area contributed by atoms with Crippen molar-refractivity contribution in [2.75, 3.05) is 7.11 Å². The molecule has 6 nitrogen and oxygen atoms in total. The van der Waals surface area contributed by atoms with Gasteiger partial charge in [-0.15, -0.1) is 5.10 Å². The maximum atomic E-state index is 5.37. The van der Waals surface area contributed by atoms with Gasteiger partial charge in [0, 0.05) is 10.0 Å². The number of tetrazole rings is 1. The molecule has 0 fully saturated rings. The maximum absolute atomic E-state index is 5.37. The van der Waals surface area contributed by atoms with Crippen LogP contribution in [0.15, 0.2) is 22.7 Å². The van der Waals surface area contributed by atoms with E-state index in [1.807, 2.05) is 18.2 Å². The molecule has 0 aliphatic rings. The molecule has 20 heavy (non-hydrogen) atoms. The van der Waals surface area contributed by atoms with Crippen molar-refractivity contribution in [3.05, 3.63) is 28.5 Å². The van der Waals surface area contributed by atoms with Crippen LogP contribution < -0.4 is 10.1 Å². The molecule has 0 unspecified atom stereocenters. The molecule has 0 spiro atoms. The quantitative estimate of drug-likeness (QED) is 0.925. The van der Waals surface area contributed by atoms with Gasteiger partial charge < -0.3 is 10.1 Å². The lowest BCUT2D eigenvalue weighted by Crippen LogP contribution is -2.36. The molecule has 0 saturated carbocycles. The summed E-state index contributed by atoms with van der Waals surface area (Å²) in [5, 5.41) is 15.2. The molecule has 108 valence electrons. The van der Waals surface area contributed by atoms with Crippen molar-refractivity contribution in [2.24, 2.45) is 0 Å². The Balaban J connectivity index is 2.34. The molecule has 7 heteroatoms. The van der Waals surface area contributed by atoms with E-state index in [1.165, 1.54) is 0 Å². The summed E-state index contributed by atoms with van der Waals surface area (Å²) in [4.78, 5) is 0. The summed E-state index contributed by atoms with van der Waals surface area (Å²) in [6.45, 7) is 6.87. The molecule has 2 aromatic rings. The van der Waals surface area contributed by atoms with E-state index in [1.54, 1.807) is 11.8 Å². The number of rotatable bonds is 4. The van der Waals surface area contributed by atoms with Gasteiger partial charge in [0.15, 0.2) is 5.82 Å². The van der Waals surface area contributed by atoms with Crippen LogP contribution in [0.25, 0.3) is 5.69 Å². The van der Waals surface area contributed by atoms with Crippen molar-refractivity contribution >= 4 is 15.9 Å². The summed E-state index contributed by atoms with van der Waals surface area (Å²) in [5.74, 6) is 1.45. The van der Waals surface area contributed by atoms with Crippen LogP contribution in [0.4, 0.5) is 0 Å². The fourth-order valence-corrected chi connectivity index (χ4v) is 2.02. The van der Waals surface area contributed by atoms with E-state index in [9.17, 15) is 0 Å². The first-order chi connectivity index (χ1) is 9.40.